The Morgan fingerprint density at radius 2 is 2.04 bits per heavy atom. The van der Waals surface area contributed by atoms with Crippen molar-refractivity contribution in [1.82, 2.24) is 23.8 Å². The summed E-state index contributed by atoms with van der Waals surface area (Å²) in [6, 6.07) is 5.53. The zero-order valence-corrected chi connectivity index (χ0v) is 14.6. The Morgan fingerprint density at radius 1 is 1.28 bits per heavy atom. The van der Waals surface area contributed by atoms with Gasteiger partial charge in [-0.3, -0.25) is 4.79 Å². The molecule has 0 aliphatic carbocycles. The predicted molar refractivity (Wildman–Crippen MR) is 91.7 cm³/mol. The van der Waals surface area contributed by atoms with Crippen molar-refractivity contribution in [3.63, 3.8) is 0 Å². The van der Waals surface area contributed by atoms with Crippen LogP contribution in [0.25, 0.3) is 10.8 Å². The topological polar surface area (TPSA) is 63.9 Å². The second kappa shape index (κ2) is 6.03. The summed E-state index contributed by atoms with van der Waals surface area (Å²) in [5.74, 6) is 1.07. The predicted octanol–water partition coefficient (Wildman–Crippen LogP) is 3.07. The molecule has 1 unspecified atom stereocenters. The first-order valence-corrected chi connectivity index (χ1v) is 8.74. The fraction of sp³-hybridized carbons (Fsp3) is 0.294. The molecule has 0 spiro atoms. The lowest BCUT2D eigenvalue weighted by molar-refractivity contribution is 0.0645. The summed E-state index contributed by atoms with van der Waals surface area (Å²) in [7, 11) is 0. The van der Waals surface area contributed by atoms with E-state index >= 15 is 0 Å². The largest absolute Gasteiger partial charge is 0.329 e. The van der Waals surface area contributed by atoms with Crippen LogP contribution in [-0.4, -0.2) is 36.3 Å². The van der Waals surface area contributed by atoms with Gasteiger partial charge in [-0.2, -0.15) is 4.37 Å². The van der Waals surface area contributed by atoms with Gasteiger partial charge >= 0.3 is 0 Å². The van der Waals surface area contributed by atoms with E-state index in [9.17, 15) is 9.18 Å². The molecule has 0 saturated carbocycles. The van der Waals surface area contributed by atoms with Gasteiger partial charge in [-0.05, 0) is 49.6 Å². The molecule has 1 aliphatic heterocycles. The number of carbonyl (C=O) groups excluding carboxylic acids is 1. The van der Waals surface area contributed by atoms with Gasteiger partial charge < -0.3 is 9.47 Å². The Labute approximate surface area is 148 Å². The van der Waals surface area contributed by atoms with E-state index in [1.54, 1.807) is 11.1 Å². The number of hydrogen-bond donors (Lipinski definition) is 0. The fourth-order valence-corrected chi connectivity index (χ4v) is 3.79. The van der Waals surface area contributed by atoms with Crippen molar-refractivity contribution in [2.75, 3.05) is 6.54 Å². The number of aromatic nitrogens is 4. The van der Waals surface area contributed by atoms with Crippen molar-refractivity contribution < 1.29 is 9.18 Å². The third kappa shape index (κ3) is 2.72. The van der Waals surface area contributed by atoms with Crippen molar-refractivity contribution >= 4 is 17.4 Å². The third-order valence-corrected chi connectivity index (χ3v) is 5.22. The summed E-state index contributed by atoms with van der Waals surface area (Å²) < 4.78 is 19.4. The number of amides is 1. The molecule has 0 bridgehead atoms. The minimum absolute atomic E-state index is 0.103. The van der Waals surface area contributed by atoms with Gasteiger partial charge in [-0.15, -0.1) is 0 Å². The Morgan fingerprint density at radius 3 is 2.72 bits per heavy atom. The van der Waals surface area contributed by atoms with E-state index in [0.717, 1.165) is 22.4 Å². The molecule has 8 heteroatoms. The van der Waals surface area contributed by atoms with Crippen molar-refractivity contribution in [3.8, 4) is 10.8 Å². The quantitative estimate of drug-likeness (QED) is 0.707. The molecule has 1 atom stereocenters. The van der Waals surface area contributed by atoms with Gasteiger partial charge in [0.05, 0.1) is 17.9 Å². The average Bonchev–Trinajstić information content (AvgIpc) is 3.21. The Kier molecular flexibility index (Phi) is 3.84. The summed E-state index contributed by atoms with van der Waals surface area (Å²) in [5.41, 5.74) is 1.45. The van der Waals surface area contributed by atoms with Gasteiger partial charge in [0.2, 0.25) is 0 Å². The van der Waals surface area contributed by atoms with Gasteiger partial charge in [0.15, 0.2) is 10.8 Å². The molecule has 3 aromatic rings. The third-order valence-electron chi connectivity index (χ3n) is 4.42. The maximum atomic E-state index is 13.1. The molecule has 4 rings (SSSR count). The van der Waals surface area contributed by atoms with Gasteiger partial charge in [-0.1, -0.05) is 0 Å². The molecular weight excluding hydrogens is 341 g/mol. The van der Waals surface area contributed by atoms with Crippen LogP contribution in [0, 0.1) is 12.7 Å². The fourth-order valence-electron chi connectivity index (χ4n) is 3.11. The lowest BCUT2D eigenvalue weighted by Gasteiger charge is -2.35. The number of rotatable bonds is 2. The summed E-state index contributed by atoms with van der Waals surface area (Å²) in [4.78, 5) is 23.5. The molecule has 6 nitrogen and oxygen atoms in total. The maximum absolute atomic E-state index is 13.1. The number of nitrogens with zero attached hydrogens (tertiary/aromatic N) is 5. The zero-order valence-electron chi connectivity index (χ0n) is 13.8. The van der Waals surface area contributed by atoms with E-state index in [-0.39, 0.29) is 17.8 Å². The van der Waals surface area contributed by atoms with Gasteiger partial charge in [0.1, 0.15) is 11.6 Å². The Balaban J connectivity index is 1.63. The molecule has 0 fully saturated rings. The zero-order chi connectivity index (χ0) is 17.6. The maximum Gasteiger partial charge on any atom is 0.254 e. The molecule has 3 heterocycles. The van der Waals surface area contributed by atoms with Gasteiger partial charge in [0, 0.05) is 18.7 Å². The van der Waals surface area contributed by atoms with Crippen LogP contribution < -0.4 is 0 Å². The monoisotopic (exact) mass is 357 g/mol. The van der Waals surface area contributed by atoms with Crippen LogP contribution >= 0.6 is 11.5 Å². The summed E-state index contributed by atoms with van der Waals surface area (Å²) in [6.45, 7) is 5.03. The number of aryl methyl sites for hydroxylation is 1. The lowest BCUT2D eigenvalue weighted by atomic mass is 10.1. The van der Waals surface area contributed by atoms with Crippen LogP contribution in [0.15, 0.2) is 30.5 Å². The van der Waals surface area contributed by atoms with Crippen LogP contribution in [0.3, 0.4) is 0 Å². The minimum atomic E-state index is -0.349. The Hall–Kier alpha value is -2.61. The van der Waals surface area contributed by atoms with Crippen LogP contribution in [-0.2, 0) is 6.54 Å². The molecule has 0 N–H and O–H groups in total. The number of halogens is 1. The van der Waals surface area contributed by atoms with Crippen LogP contribution in [0.1, 0.15) is 34.8 Å². The summed E-state index contributed by atoms with van der Waals surface area (Å²) in [5, 5.41) is 0.786. The number of hydrogen-bond acceptors (Lipinski definition) is 5. The van der Waals surface area contributed by atoms with Crippen LogP contribution in [0.2, 0.25) is 0 Å². The Bertz CT molecular complexity index is 933. The number of imidazole rings is 1. The number of fused-ring (bicyclic) bond motifs is 1. The molecule has 0 saturated heterocycles. The molecule has 25 heavy (non-hydrogen) atoms. The highest BCUT2D eigenvalue weighted by Crippen LogP contribution is 2.31. The van der Waals surface area contributed by atoms with Crippen molar-refractivity contribution in [3.05, 3.63) is 53.4 Å². The molecule has 1 aliphatic rings. The average molecular weight is 357 g/mol. The first-order chi connectivity index (χ1) is 12.0. The van der Waals surface area contributed by atoms with E-state index in [1.807, 2.05) is 13.8 Å². The highest BCUT2D eigenvalue weighted by molar-refractivity contribution is 7.09. The second-order valence-corrected chi connectivity index (χ2v) is 6.74. The SMILES string of the molecule is Cc1nsc(-c2ncc3n2CCN(C(=O)c2ccc(F)cc2)C3C)n1. The summed E-state index contributed by atoms with van der Waals surface area (Å²) in [6.07, 6.45) is 1.79. The molecule has 128 valence electrons. The van der Waals surface area contributed by atoms with E-state index in [2.05, 4.69) is 18.9 Å². The molecule has 0 radical (unpaired) electrons. The number of carbonyl (C=O) groups is 1. The van der Waals surface area contributed by atoms with Crippen molar-refractivity contribution in [2.45, 2.75) is 26.4 Å². The van der Waals surface area contributed by atoms with E-state index in [4.69, 9.17) is 0 Å². The first kappa shape index (κ1) is 15.9. The molecule has 1 amide bonds. The van der Waals surface area contributed by atoms with E-state index < -0.39 is 0 Å². The lowest BCUT2D eigenvalue weighted by Crippen LogP contribution is -2.41. The van der Waals surface area contributed by atoms with Crippen LogP contribution in [0.4, 0.5) is 4.39 Å². The highest BCUT2D eigenvalue weighted by atomic mass is 32.1. The second-order valence-electron chi connectivity index (χ2n) is 5.99. The first-order valence-electron chi connectivity index (χ1n) is 7.97. The van der Waals surface area contributed by atoms with Crippen molar-refractivity contribution in [2.24, 2.45) is 0 Å². The molecule has 1 aromatic carbocycles. The van der Waals surface area contributed by atoms with Crippen LogP contribution in [0.5, 0.6) is 0 Å². The van der Waals surface area contributed by atoms with E-state index in [1.165, 1.54) is 35.8 Å². The number of benzene rings is 1. The van der Waals surface area contributed by atoms with Gasteiger partial charge in [0.25, 0.3) is 5.91 Å². The molecule has 2 aromatic heterocycles. The normalized spacial score (nSPS) is 16.8. The van der Waals surface area contributed by atoms with E-state index in [0.29, 0.717) is 18.7 Å². The molecular formula is C17H16FN5OS. The van der Waals surface area contributed by atoms with Gasteiger partial charge in [-0.25, -0.2) is 14.4 Å². The summed E-state index contributed by atoms with van der Waals surface area (Å²) >= 11 is 1.33. The van der Waals surface area contributed by atoms with Crippen molar-refractivity contribution in [1.29, 1.82) is 0 Å². The standard InChI is InChI=1S/C17H16FN5OS/c1-10-14-9-19-15(16-20-11(2)21-25-16)23(14)8-7-22(10)17(24)12-3-5-13(18)6-4-12/h3-6,9-10H,7-8H2,1-2H3. The highest BCUT2D eigenvalue weighted by Gasteiger charge is 2.31. The minimum Gasteiger partial charge on any atom is -0.329 e. The smallest absolute Gasteiger partial charge is 0.254 e.